The summed E-state index contributed by atoms with van der Waals surface area (Å²) >= 11 is 0. The Kier molecular flexibility index (Phi) is 7.76. The van der Waals surface area contributed by atoms with Crippen molar-refractivity contribution in [2.75, 3.05) is 12.4 Å². The number of ether oxygens (including phenoxy) is 2. The largest absolute Gasteiger partial charge is 0.493 e. The lowest BCUT2D eigenvalue weighted by molar-refractivity contribution is -0.136. The number of carbonyl (C=O) groups excluding carboxylic acids is 2. The van der Waals surface area contributed by atoms with Crippen LogP contribution in [0.15, 0.2) is 71.8 Å². The van der Waals surface area contributed by atoms with Crippen LogP contribution in [0.5, 0.6) is 11.5 Å². The van der Waals surface area contributed by atoms with Gasteiger partial charge in [-0.05, 0) is 66.1 Å². The Bertz CT molecular complexity index is 1210. The van der Waals surface area contributed by atoms with Crippen molar-refractivity contribution in [2.24, 2.45) is 5.10 Å². The van der Waals surface area contributed by atoms with E-state index in [2.05, 4.69) is 15.8 Å². The molecule has 8 nitrogen and oxygen atoms in total. The first-order chi connectivity index (χ1) is 16.0. The zero-order chi connectivity index (χ0) is 23.6. The van der Waals surface area contributed by atoms with Gasteiger partial charge in [0.15, 0.2) is 11.5 Å². The van der Waals surface area contributed by atoms with Gasteiger partial charge in [0, 0.05) is 5.69 Å². The standard InChI is InChI=1S/C25H22N4O4/c1-17-5-3-4-6-20(17)16-33-22-12-9-19(13-23(22)32-2)15-27-29-25(31)24(30)28-21-10-7-18(14-26)8-11-21/h3-13,15H,16H2,1-2H3,(H,28,30)(H,29,31). The molecule has 0 saturated heterocycles. The molecule has 0 aliphatic rings. The summed E-state index contributed by atoms with van der Waals surface area (Å²) in [5.74, 6) is -0.726. The number of hydrogen-bond donors (Lipinski definition) is 2. The fourth-order valence-electron chi connectivity index (χ4n) is 2.84. The number of methoxy groups -OCH3 is 1. The van der Waals surface area contributed by atoms with E-state index in [1.165, 1.54) is 37.6 Å². The normalized spacial score (nSPS) is 10.3. The van der Waals surface area contributed by atoms with Crippen molar-refractivity contribution in [3.8, 4) is 17.6 Å². The van der Waals surface area contributed by atoms with Gasteiger partial charge in [-0.15, -0.1) is 0 Å². The summed E-state index contributed by atoms with van der Waals surface area (Å²) in [4.78, 5) is 23.9. The molecule has 3 aromatic carbocycles. The lowest BCUT2D eigenvalue weighted by Crippen LogP contribution is -2.32. The van der Waals surface area contributed by atoms with Crippen LogP contribution in [-0.2, 0) is 16.2 Å². The van der Waals surface area contributed by atoms with Crippen molar-refractivity contribution in [3.63, 3.8) is 0 Å². The number of nitrogens with one attached hydrogen (secondary N) is 2. The molecule has 0 bridgehead atoms. The fraction of sp³-hybridized carbons (Fsp3) is 0.120. The minimum absolute atomic E-state index is 0.393. The van der Waals surface area contributed by atoms with Crippen LogP contribution < -0.4 is 20.2 Å². The van der Waals surface area contributed by atoms with Crippen LogP contribution in [0.2, 0.25) is 0 Å². The third-order valence-electron chi connectivity index (χ3n) is 4.69. The molecule has 0 aliphatic carbocycles. The Balaban J connectivity index is 1.56. The number of nitrogens with zero attached hydrogens (tertiary/aromatic N) is 2. The first-order valence-electron chi connectivity index (χ1n) is 10.00. The maximum atomic E-state index is 12.0. The molecule has 3 aromatic rings. The van der Waals surface area contributed by atoms with Crippen molar-refractivity contribution in [3.05, 3.63) is 89.0 Å². The average molecular weight is 442 g/mol. The van der Waals surface area contributed by atoms with Gasteiger partial charge in [-0.2, -0.15) is 10.4 Å². The second-order valence-corrected chi connectivity index (χ2v) is 6.97. The maximum Gasteiger partial charge on any atom is 0.329 e. The number of hydrogen-bond acceptors (Lipinski definition) is 6. The highest BCUT2D eigenvalue weighted by atomic mass is 16.5. The molecule has 3 rings (SSSR count). The van der Waals surface area contributed by atoms with Gasteiger partial charge in [0.25, 0.3) is 0 Å². The predicted molar refractivity (Wildman–Crippen MR) is 124 cm³/mol. The molecule has 0 saturated carbocycles. The highest BCUT2D eigenvalue weighted by Gasteiger charge is 2.13. The Hall–Kier alpha value is -4.64. The Morgan fingerprint density at radius 2 is 1.79 bits per heavy atom. The maximum absolute atomic E-state index is 12.0. The Morgan fingerprint density at radius 3 is 2.48 bits per heavy atom. The molecule has 0 heterocycles. The number of rotatable bonds is 7. The van der Waals surface area contributed by atoms with Crippen LogP contribution in [0.1, 0.15) is 22.3 Å². The fourth-order valence-corrected chi connectivity index (χ4v) is 2.84. The SMILES string of the molecule is COc1cc(C=NNC(=O)C(=O)Nc2ccc(C#N)cc2)ccc1OCc1ccccc1C. The number of benzene rings is 3. The number of nitriles is 1. The number of aryl methyl sites for hydroxylation is 1. The van der Waals surface area contributed by atoms with Crippen LogP contribution in [0.25, 0.3) is 0 Å². The zero-order valence-electron chi connectivity index (χ0n) is 18.2. The molecule has 166 valence electrons. The third kappa shape index (κ3) is 6.42. The lowest BCUT2D eigenvalue weighted by Gasteiger charge is -2.12. The monoisotopic (exact) mass is 442 g/mol. The smallest absolute Gasteiger partial charge is 0.329 e. The molecule has 0 aliphatic heterocycles. The van der Waals surface area contributed by atoms with Crippen molar-refractivity contribution in [1.29, 1.82) is 5.26 Å². The summed E-state index contributed by atoms with van der Waals surface area (Å²) in [6, 6.07) is 21.3. The highest BCUT2D eigenvalue weighted by Crippen LogP contribution is 2.28. The van der Waals surface area contributed by atoms with Crippen molar-refractivity contribution < 1.29 is 19.1 Å². The number of amides is 2. The van der Waals surface area contributed by atoms with Crippen molar-refractivity contribution in [2.45, 2.75) is 13.5 Å². The van der Waals surface area contributed by atoms with E-state index in [0.29, 0.717) is 34.9 Å². The molecule has 0 unspecified atom stereocenters. The van der Waals surface area contributed by atoms with Crippen molar-refractivity contribution in [1.82, 2.24) is 5.43 Å². The molecule has 8 heteroatoms. The number of hydrazone groups is 1. The van der Waals surface area contributed by atoms with Gasteiger partial charge in [-0.3, -0.25) is 9.59 Å². The van der Waals surface area contributed by atoms with Gasteiger partial charge >= 0.3 is 11.8 Å². The molecule has 0 radical (unpaired) electrons. The summed E-state index contributed by atoms with van der Waals surface area (Å²) in [7, 11) is 1.53. The van der Waals surface area contributed by atoms with Crippen LogP contribution >= 0.6 is 0 Å². The molecule has 2 N–H and O–H groups in total. The molecule has 0 spiro atoms. The van der Waals surface area contributed by atoms with Crippen LogP contribution in [0, 0.1) is 18.3 Å². The minimum Gasteiger partial charge on any atom is -0.493 e. The second-order valence-electron chi connectivity index (χ2n) is 6.97. The molecular weight excluding hydrogens is 420 g/mol. The minimum atomic E-state index is -0.930. The van der Waals surface area contributed by atoms with Crippen molar-refractivity contribution >= 4 is 23.7 Å². The van der Waals surface area contributed by atoms with Gasteiger partial charge in [-0.25, -0.2) is 5.43 Å². The Morgan fingerprint density at radius 1 is 1.03 bits per heavy atom. The summed E-state index contributed by atoms with van der Waals surface area (Å²) < 4.78 is 11.3. The second kappa shape index (κ2) is 11.1. The molecule has 0 atom stereocenters. The Labute approximate surface area is 191 Å². The molecule has 0 fully saturated rings. The first-order valence-corrected chi connectivity index (χ1v) is 10.00. The third-order valence-corrected chi connectivity index (χ3v) is 4.69. The van der Waals surface area contributed by atoms with E-state index in [1.807, 2.05) is 37.3 Å². The first kappa shape index (κ1) is 23.0. The molecular formula is C25H22N4O4. The molecule has 0 aromatic heterocycles. The summed E-state index contributed by atoms with van der Waals surface area (Å²) in [6.45, 7) is 2.43. The van der Waals surface area contributed by atoms with E-state index >= 15 is 0 Å². The quantitative estimate of drug-likeness (QED) is 0.330. The van der Waals surface area contributed by atoms with E-state index in [9.17, 15) is 9.59 Å². The van der Waals surface area contributed by atoms with Crippen LogP contribution in [0.4, 0.5) is 5.69 Å². The molecule has 33 heavy (non-hydrogen) atoms. The van der Waals surface area contributed by atoms with Gasteiger partial charge < -0.3 is 14.8 Å². The van der Waals surface area contributed by atoms with E-state index in [1.54, 1.807) is 18.2 Å². The van der Waals surface area contributed by atoms with E-state index in [0.717, 1.165) is 11.1 Å². The average Bonchev–Trinajstić information content (AvgIpc) is 2.84. The summed E-state index contributed by atoms with van der Waals surface area (Å²) in [5.41, 5.74) is 5.87. The lowest BCUT2D eigenvalue weighted by atomic mass is 10.1. The summed E-state index contributed by atoms with van der Waals surface area (Å²) in [5, 5.41) is 15.0. The van der Waals surface area contributed by atoms with E-state index in [-0.39, 0.29) is 0 Å². The number of carbonyl (C=O) groups is 2. The van der Waals surface area contributed by atoms with Crippen LogP contribution in [-0.4, -0.2) is 25.1 Å². The van der Waals surface area contributed by atoms with E-state index < -0.39 is 11.8 Å². The number of anilines is 1. The van der Waals surface area contributed by atoms with Gasteiger partial charge in [0.1, 0.15) is 6.61 Å². The van der Waals surface area contributed by atoms with Gasteiger partial charge in [0.05, 0.1) is 25.0 Å². The summed E-state index contributed by atoms with van der Waals surface area (Å²) in [6.07, 6.45) is 1.39. The molecule has 2 amide bonds. The highest BCUT2D eigenvalue weighted by molar-refractivity contribution is 6.39. The van der Waals surface area contributed by atoms with Crippen LogP contribution in [0.3, 0.4) is 0 Å². The van der Waals surface area contributed by atoms with Gasteiger partial charge in [-0.1, -0.05) is 24.3 Å². The topological polar surface area (TPSA) is 113 Å². The predicted octanol–water partition coefficient (Wildman–Crippen LogP) is 3.54. The zero-order valence-corrected chi connectivity index (χ0v) is 18.2. The van der Waals surface area contributed by atoms with Gasteiger partial charge in [0.2, 0.25) is 0 Å². The van der Waals surface area contributed by atoms with E-state index in [4.69, 9.17) is 14.7 Å².